The van der Waals surface area contributed by atoms with Crippen LogP contribution in [-0.4, -0.2) is 13.0 Å². The molecule has 5 rings (SSSR count). The molecule has 0 aliphatic rings. The molecule has 0 aliphatic heterocycles. The quantitative estimate of drug-likeness (QED) is 0.425. The summed E-state index contributed by atoms with van der Waals surface area (Å²) in [6.07, 6.45) is 0. The first-order chi connectivity index (χ1) is 13.7. The van der Waals surface area contributed by atoms with Gasteiger partial charge in [-0.2, -0.15) is 0 Å². The molecule has 28 heavy (non-hydrogen) atoms. The number of fused-ring (bicyclic) bond motifs is 4. The lowest BCUT2D eigenvalue weighted by molar-refractivity contribution is 0.102. The smallest absolute Gasteiger partial charge is 0.259 e. The van der Waals surface area contributed by atoms with E-state index in [1.165, 1.54) is 0 Å². The molecular formula is C24H17NO3. The molecular weight excluding hydrogens is 350 g/mol. The maximum absolute atomic E-state index is 12.9. The second-order valence-corrected chi connectivity index (χ2v) is 6.66. The number of para-hydroxylation sites is 1. The van der Waals surface area contributed by atoms with Crippen LogP contribution in [-0.2, 0) is 0 Å². The van der Waals surface area contributed by atoms with Crippen molar-refractivity contribution in [2.45, 2.75) is 0 Å². The molecule has 4 nitrogen and oxygen atoms in total. The van der Waals surface area contributed by atoms with Crippen molar-refractivity contribution in [3.8, 4) is 5.75 Å². The number of ether oxygens (including phenoxy) is 1. The maximum atomic E-state index is 12.9. The van der Waals surface area contributed by atoms with Crippen LogP contribution < -0.4 is 10.1 Å². The second-order valence-electron chi connectivity index (χ2n) is 6.66. The molecule has 1 amide bonds. The fourth-order valence-corrected chi connectivity index (χ4v) is 3.57. The van der Waals surface area contributed by atoms with Crippen LogP contribution in [0.15, 0.2) is 83.3 Å². The number of hydrogen-bond acceptors (Lipinski definition) is 3. The van der Waals surface area contributed by atoms with Gasteiger partial charge >= 0.3 is 0 Å². The number of furan rings is 1. The molecule has 1 aromatic heterocycles. The van der Waals surface area contributed by atoms with Crippen LogP contribution in [0.25, 0.3) is 32.7 Å². The van der Waals surface area contributed by atoms with E-state index in [4.69, 9.17) is 9.15 Å². The van der Waals surface area contributed by atoms with E-state index in [1.807, 2.05) is 78.9 Å². The molecule has 0 saturated heterocycles. The SMILES string of the molecule is COc1cc2ccccc2cc1C(=O)Nc1ccc2c(c1)oc1ccccc12. The largest absolute Gasteiger partial charge is 0.496 e. The number of nitrogens with one attached hydrogen (secondary N) is 1. The Bertz CT molecular complexity index is 1350. The summed E-state index contributed by atoms with van der Waals surface area (Å²) in [7, 11) is 1.57. The summed E-state index contributed by atoms with van der Waals surface area (Å²) in [5.41, 5.74) is 2.74. The van der Waals surface area contributed by atoms with Gasteiger partial charge in [-0.05, 0) is 41.1 Å². The molecule has 4 aromatic carbocycles. The summed E-state index contributed by atoms with van der Waals surface area (Å²) in [4.78, 5) is 12.9. The highest BCUT2D eigenvalue weighted by Gasteiger charge is 2.15. The zero-order chi connectivity index (χ0) is 19.1. The highest BCUT2D eigenvalue weighted by atomic mass is 16.5. The number of amides is 1. The Kier molecular flexibility index (Phi) is 3.76. The summed E-state index contributed by atoms with van der Waals surface area (Å²) < 4.78 is 11.3. The van der Waals surface area contributed by atoms with Crippen LogP contribution in [0.2, 0.25) is 0 Å². The number of carbonyl (C=O) groups is 1. The van der Waals surface area contributed by atoms with Crippen molar-refractivity contribution in [2.24, 2.45) is 0 Å². The maximum Gasteiger partial charge on any atom is 0.259 e. The van der Waals surface area contributed by atoms with E-state index >= 15 is 0 Å². The monoisotopic (exact) mass is 367 g/mol. The second kappa shape index (κ2) is 6.43. The predicted octanol–water partition coefficient (Wildman–Crippen LogP) is 6.00. The van der Waals surface area contributed by atoms with Gasteiger partial charge in [0.25, 0.3) is 5.91 Å². The van der Waals surface area contributed by atoms with E-state index in [-0.39, 0.29) is 5.91 Å². The van der Waals surface area contributed by atoms with Gasteiger partial charge in [-0.1, -0.05) is 42.5 Å². The number of carbonyl (C=O) groups excluding carboxylic acids is 1. The topological polar surface area (TPSA) is 51.5 Å². The van der Waals surface area contributed by atoms with E-state index in [0.29, 0.717) is 17.0 Å². The molecule has 1 N–H and O–H groups in total. The van der Waals surface area contributed by atoms with E-state index in [2.05, 4.69) is 5.32 Å². The third-order valence-electron chi connectivity index (χ3n) is 4.95. The van der Waals surface area contributed by atoms with Gasteiger partial charge in [-0.3, -0.25) is 4.79 Å². The van der Waals surface area contributed by atoms with Crippen molar-refractivity contribution >= 4 is 44.3 Å². The molecule has 0 saturated carbocycles. The standard InChI is InChI=1S/C24H17NO3/c1-27-22-13-16-7-3-2-6-15(16)12-20(22)24(26)25-17-10-11-19-18-8-4-5-9-21(18)28-23(19)14-17/h2-14H,1H3,(H,25,26). The predicted molar refractivity (Wildman–Crippen MR) is 112 cm³/mol. The van der Waals surface area contributed by atoms with Crippen LogP contribution in [0.1, 0.15) is 10.4 Å². The Morgan fingerprint density at radius 1 is 0.821 bits per heavy atom. The number of rotatable bonds is 3. The fourth-order valence-electron chi connectivity index (χ4n) is 3.57. The molecule has 136 valence electrons. The van der Waals surface area contributed by atoms with Crippen molar-refractivity contribution in [3.63, 3.8) is 0 Å². The summed E-state index contributed by atoms with van der Waals surface area (Å²) >= 11 is 0. The molecule has 0 atom stereocenters. The molecule has 1 heterocycles. The third-order valence-corrected chi connectivity index (χ3v) is 4.95. The summed E-state index contributed by atoms with van der Waals surface area (Å²) in [5, 5.41) is 7.06. The first-order valence-electron chi connectivity index (χ1n) is 9.02. The lowest BCUT2D eigenvalue weighted by Gasteiger charge is -2.11. The minimum atomic E-state index is -0.224. The molecule has 0 spiro atoms. The lowest BCUT2D eigenvalue weighted by Crippen LogP contribution is -2.13. The molecule has 0 radical (unpaired) electrons. The molecule has 4 heteroatoms. The average Bonchev–Trinajstić information content (AvgIpc) is 3.10. The van der Waals surface area contributed by atoms with Crippen LogP contribution in [0.3, 0.4) is 0 Å². The van der Waals surface area contributed by atoms with Crippen molar-refractivity contribution in [1.82, 2.24) is 0 Å². The molecule has 0 bridgehead atoms. The van der Waals surface area contributed by atoms with E-state index in [9.17, 15) is 4.79 Å². The Morgan fingerprint density at radius 3 is 2.36 bits per heavy atom. The number of anilines is 1. The first-order valence-corrected chi connectivity index (χ1v) is 9.02. The fraction of sp³-hybridized carbons (Fsp3) is 0.0417. The van der Waals surface area contributed by atoms with Crippen LogP contribution in [0, 0.1) is 0 Å². The van der Waals surface area contributed by atoms with Gasteiger partial charge in [0.1, 0.15) is 16.9 Å². The number of hydrogen-bond donors (Lipinski definition) is 1. The van der Waals surface area contributed by atoms with Gasteiger partial charge in [0, 0.05) is 22.5 Å². The van der Waals surface area contributed by atoms with Gasteiger partial charge in [-0.25, -0.2) is 0 Å². The first kappa shape index (κ1) is 16.4. The van der Waals surface area contributed by atoms with Gasteiger partial charge in [0.15, 0.2) is 0 Å². The third kappa shape index (κ3) is 2.67. The molecule has 5 aromatic rings. The van der Waals surface area contributed by atoms with Gasteiger partial charge in [-0.15, -0.1) is 0 Å². The number of benzene rings is 4. The van der Waals surface area contributed by atoms with Crippen molar-refractivity contribution in [3.05, 3.63) is 84.4 Å². The molecule has 0 aliphatic carbocycles. The van der Waals surface area contributed by atoms with Crippen LogP contribution >= 0.6 is 0 Å². The number of methoxy groups -OCH3 is 1. The van der Waals surface area contributed by atoms with Crippen molar-refractivity contribution in [1.29, 1.82) is 0 Å². The van der Waals surface area contributed by atoms with E-state index in [0.717, 1.165) is 32.7 Å². The normalized spacial score (nSPS) is 11.2. The highest BCUT2D eigenvalue weighted by molar-refractivity contribution is 6.10. The van der Waals surface area contributed by atoms with Gasteiger partial charge < -0.3 is 14.5 Å². The Balaban J connectivity index is 1.53. The van der Waals surface area contributed by atoms with Crippen LogP contribution in [0.4, 0.5) is 5.69 Å². The summed E-state index contributed by atoms with van der Waals surface area (Å²) in [6, 6.07) is 25.2. The highest BCUT2D eigenvalue weighted by Crippen LogP contribution is 2.31. The summed E-state index contributed by atoms with van der Waals surface area (Å²) in [6.45, 7) is 0. The lowest BCUT2D eigenvalue weighted by atomic mass is 10.1. The minimum Gasteiger partial charge on any atom is -0.496 e. The zero-order valence-corrected chi connectivity index (χ0v) is 15.2. The van der Waals surface area contributed by atoms with Crippen molar-refractivity contribution < 1.29 is 13.9 Å². The van der Waals surface area contributed by atoms with Gasteiger partial charge in [0.05, 0.1) is 12.7 Å². The Hall–Kier alpha value is -3.79. The Morgan fingerprint density at radius 2 is 1.54 bits per heavy atom. The molecule has 0 unspecified atom stereocenters. The van der Waals surface area contributed by atoms with Gasteiger partial charge in [0.2, 0.25) is 0 Å². The average molecular weight is 367 g/mol. The molecule has 0 fully saturated rings. The van der Waals surface area contributed by atoms with E-state index in [1.54, 1.807) is 7.11 Å². The Labute approximate surface area is 161 Å². The summed E-state index contributed by atoms with van der Waals surface area (Å²) in [5.74, 6) is 0.319. The minimum absolute atomic E-state index is 0.224. The zero-order valence-electron chi connectivity index (χ0n) is 15.2. The van der Waals surface area contributed by atoms with Crippen molar-refractivity contribution in [2.75, 3.05) is 12.4 Å². The van der Waals surface area contributed by atoms with E-state index < -0.39 is 0 Å². The van der Waals surface area contributed by atoms with Crippen LogP contribution in [0.5, 0.6) is 5.75 Å².